The van der Waals surface area contributed by atoms with Crippen LogP contribution in [-0.2, 0) is 16.1 Å². The van der Waals surface area contributed by atoms with Crippen LogP contribution in [0, 0.1) is 5.92 Å². The number of hydrogen-bond donors (Lipinski definition) is 1. The van der Waals surface area contributed by atoms with Crippen LogP contribution >= 0.6 is 0 Å². The number of methoxy groups -OCH3 is 1. The van der Waals surface area contributed by atoms with Crippen LogP contribution in [0.2, 0.25) is 0 Å². The zero-order valence-electron chi connectivity index (χ0n) is 10.5. The molecule has 0 atom stereocenters. The highest BCUT2D eigenvalue weighted by molar-refractivity contribution is 5.88. The van der Waals surface area contributed by atoms with E-state index in [1.807, 2.05) is 0 Å². The molecule has 18 heavy (non-hydrogen) atoms. The molecule has 0 bridgehead atoms. The summed E-state index contributed by atoms with van der Waals surface area (Å²) in [7, 11) is 1.35. The Kier molecular flexibility index (Phi) is 4.28. The van der Waals surface area contributed by atoms with Crippen LogP contribution in [0.15, 0.2) is 18.3 Å². The maximum absolute atomic E-state index is 11.2. The van der Waals surface area contributed by atoms with Gasteiger partial charge in [-0.3, -0.25) is 4.98 Å². The van der Waals surface area contributed by atoms with E-state index in [-0.39, 0.29) is 5.97 Å². The molecule has 1 aromatic heterocycles. The third-order valence-electron chi connectivity index (χ3n) is 3.24. The maximum atomic E-state index is 11.2. The van der Waals surface area contributed by atoms with Gasteiger partial charge in [-0.1, -0.05) is 0 Å². The second kappa shape index (κ2) is 5.93. The highest BCUT2D eigenvalue weighted by Gasteiger charge is 2.28. The Labute approximate surface area is 106 Å². The van der Waals surface area contributed by atoms with Gasteiger partial charge in [-0.2, -0.15) is 0 Å². The molecule has 1 heterocycles. The Balaban J connectivity index is 1.78. The number of nitrogens with zero attached hydrogens (tertiary/aromatic N) is 1. The van der Waals surface area contributed by atoms with E-state index < -0.39 is 0 Å². The van der Waals surface area contributed by atoms with Gasteiger partial charge in [0.1, 0.15) is 0 Å². The van der Waals surface area contributed by atoms with Crippen molar-refractivity contribution in [2.75, 3.05) is 13.7 Å². The van der Waals surface area contributed by atoms with Crippen molar-refractivity contribution in [2.45, 2.75) is 25.6 Å². The standard InChI is InChI=1S/C13H18N2O3/c1-17-13(16)10-2-3-11(15-7-10)8-18-12-4-9(5-12)6-14/h2-3,7,9,12H,4-6,8,14H2,1H3. The number of esters is 1. The molecule has 2 N–H and O–H groups in total. The summed E-state index contributed by atoms with van der Waals surface area (Å²) in [6.07, 6.45) is 3.89. The van der Waals surface area contributed by atoms with Crippen LogP contribution in [-0.4, -0.2) is 30.7 Å². The van der Waals surface area contributed by atoms with Crippen LogP contribution in [0.1, 0.15) is 28.9 Å². The third kappa shape index (κ3) is 3.05. The quantitative estimate of drug-likeness (QED) is 0.793. The van der Waals surface area contributed by atoms with Gasteiger partial charge < -0.3 is 15.2 Å². The SMILES string of the molecule is COC(=O)c1ccc(COC2CC(CN)C2)nc1. The maximum Gasteiger partial charge on any atom is 0.339 e. The summed E-state index contributed by atoms with van der Waals surface area (Å²) in [6.45, 7) is 1.22. The number of aromatic nitrogens is 1. The minimum Gasteiger partial charge on any atom is -0.465 e. The average Bonchev–Trinajstić information content (AvgIpc) is 2.37. The normalized spacial score (nSPS) is 22.3. The molecule has 5 heteroatoms. The minimum absolute atomic E-state index is 0.306. The van der Waals surface area contributed by atoms with E-state index in [4.69, 9.17) is 10.5 Å². The van der Waals surface area contributed by atoms with Crippen LogP contribution < -0.4 is 5.73 Å². The van der Waals surface area contributed by atoms with Gasteiger partial charge in [0, 0.05) is 6.20 Å². The molecular weight excluding hydrogens is 232 g/mol. The molecule has 1 aromatic rings. The lowest BCUT2D eigenvalue weighted by Crippen LogP contribution is -2.35. The van der Waals surface area contributed by atoms with Crippen molar-refractivity contribution in [3.05, 3.63) is 29.6 Å². The van der Waals surface area contributed by atoms with Crippen molar-refractivity contribution >= 4 is 5.97 Å². The second-order valence-electron chi connectivity index (χ2n) is 4.54. The molecule has 0 amide bonds. The summed E-state index contributed by atoms with van der Waals surface area (Å²) < 4.78 is 10.3. The predicted molar refractivity (Wildman–Crippen MR) is 65.9 cm³/mol. The number of carbonyl (C=O) groups is 1. The molecule has 0 radical (unpaired) electrons. The van der Waals surface area contributed by atoms with E-state index in [2.05, 4.69) is 9.72 Å². The van der Waals surface area contributed by atoms with Crippen molar-refractivity contribution < 1.29 is 14.3 Å². The van der Waals surface area contributed by atoms with E-state index in [1.165, 1.54) is 13.3 Å². The summed E-state index contributed by atoms with van der Waals surface area (Å²) >= 11 is 0. The lowest BCUT2D eigenvalue weighted by molar-refractivity contribution is -0.0387. The van der Waals surface area contributed by atoms with Crippen molar-refractivity contribution in [3.63, 3.8) is 0 Å². The van der Waals surface area contributed by atoms with Crippen LogP contribution in [0.5, 0.6) is 0 Å². The van der Waals surface area contributed by atoms with E-state index >= 15 is 0 Å². The van der Waals surface area contributed by atoms with Gasteiger partial charge in [0.2, 0.25) is 0 Å². The molecule has 0 aliphatic heterocycles. The Morgan fingerprint density at radius 3 is 2.83 bits per heavy atom. The molecule has 0 aromatic carbocycles. The van der Waals surface area contributed by atoms with Gasteiger partial charge in [-0.25, -0.2) is 4.79 Å². The number of nitrogens with two attached hydrogens (primary N) is 1. The Morgan fingerprint density at radius 1 is 1.50 bits per heavy atom. The molecule has 2 rings (SSSR count). The number of carbonyl (C=O) groups excluding carboxylic acids is 1. The third-order valence-corrected chi connectivity index (χ3v) is 3.24. The first-order chi connectivity index (χ1) is 8.72. The zero-order valence-corrected chi connectivity index (χ0v) is 10.5. The minimum atomic E-state index is -0.375. The van der Waals surface area contributed by atoms with E-state index in [9.17, 15) is 4.79 Å². The molecule has 1 aliphatic carbocycles. The van der Waals surface area contributed by atoms with E-state index in [0.29, 0.717) is 24.2 Å². The molecule has 5 nitrogen and oxygen atoms in total. The molecule has 1 aliphatic rings. The number of hydrogen-bond acceptors (Lipinski definition) is 5. The topological polar surface area (TPSA) is 74.4 Å². The summed E-state index contributed by atoms with van der Waals surface area (Å²) in [4.78, 5) is 15.4. The van der Waals surface area contributed by atoms with Gasteiger partial charge in [0.25, 0.3) is 0 Å². The molecule has 0 unspecified atom stereocenters. The van der Waals surface area contributed by atoms with Gasteiger partial charge in [0.15, 0.2) is 0 Å². The van der Waals surface area contributed by atoms with E-state index in [1.54, 1.807) is 12.1 Å². The molecule has 1 saturated carbocycles. The Hall–Kier alpha value is -1.46. The lowest BCUT2D eigenvalue weighted by atomic mass is 9.82. The van der Waals surface area contributed by atoms with Gasteiger partial charge in [-0.15, -0.1) is 0 Å². The number of pyridine rings is 1. The lowest BCUT2D eigenvalue weighted by Gasteiger charge is -2.34. The fourth-order valence-corrected chi connectivity index (χ4v) is 1.95. The fraction of sp³-hybridized carbons (Fsp3) is 0.538. The van der Waals surface area contributed by atoms with Crippen molar-refractivity contribution in [3.8, 4) is 0 Å². The summed E-state index contributed by atoms with van der Waals surface area (Å²) in [5.74, 6) is 0.240. The first-order valence-electron chi connectivity index (χ1n) is 6.08. The summed E-state index contributed by atoms with van der Waals surface area (Å²) in [5.41, 5.74) is 6.82. The second-order valence-corrected chi connectivity index (χ2v) is 4.54. The summed E-state index contributed by atoms with van der Waals surface area (Å²) in [6, 6.07) is 3.48. The van der Waals surface area contributed by atoms with Crippen LogP contribution in [0.25, 0.3) is 0 Å². The smallest absolute Gasteiger partial charge is 0.339 e. The predicted octanol–water partition coefficient (Wildman–Crippen LogP) is 1.12. The molecular formula is C13H18N2O3. The number of ether oxygens (including phenoxy) is 2. The van der Waals surface area contributed by atoms with Gasteiger partial charge in [0.05, 0.1) is 31.1 Å². The van der Waals surface area contributed by atoms with Gasteiger partial charge in [-0.05, 0) is 37.4 Å². The Bertz CT molecular complexity index is 399. The first-order valence-corrected chi connectivity index (χ1v) is 6.08. The van der Waals surface area contributed by atoms with Crippen molar-refractivity contribution in [2.24, 2.45) is 11.7 Å². The van der Waals surface area contributed by atoms with Crippen molar-refractivity contribution in [1.82, 2.24) is 4.98 Å². The molecule has 98 valence electrons. The van der Waals surface area contributed by atoms with E-state index in [0.717, 1.165) is 25.1 Å². The van der Waals surface area contributed by atoms with Crippen molar-refractivity contribution in [1.29, 1.82) is 0 Å². The average molecular weight is 250 g/mol. The van der Waals surface area contributed by atoms with Crippen LogP contribution in [0.4, 0.5) is 0 Å². The zero-order chi connectivity index (χ0) is 13.0. The monoisotopic (exact) mass is 250 g/mol. The first kappa shape index (κ1) is 13.0. The number of rotatable bonds is 5. The van der Waals surface area contributed by atoms with Crippen LogP contribution in [0.3, 0.4) is 0 Å². The largest absolute Gasteiger partial charge is 0.465 e. The molecule has 0 saturated heterocycles. The highest BCUT2D eigenvalue weighted by Crippen LogP contribution is 2.29. The van der Waals surface area contributed by atoms with Gasteiger partial charge >= 0.3 is 5.97 Å². The fourth-order valence-electron chi connectivity index (χ4n) is 1.95. The molecule has 1 fully saturated rings. The summed E-state index contributed by atoms with van der Waals surface area (Å²) in [5, 5.41) is 0. The highest BCUT2D eigenvalue weighted by atomic mass is 16.5. The Morgan fingerprint density at radius 2 is 2.28 bits per heavy atom. The molecule has 0 spiro atoms.